The minimum atomic E-state index is -3.94. The molecule has 2 aromatic rings. The molecule has 2 aromatic carbocycles. The third-order valence-electron chi connectivity index (χ3n) is 5.48. The zero-order valence-electron chi connectivity index (χ0n) is 17.9. The zero-order chi connectivity index (χ0) is 22.4. The Hall–Kier alpha value is -1.70. The van der Waals surface area contributed by atoms with Gasteiger partial charge in [-0.15, -0.1) is 0 Å². The van der Waals surface area contributed by atoms with Gasteiger partial charge in [-0.25, -0.2) is 8.42 Å². The number of carbonyl (C=O) groups excluding carboxylic acids is 1. The molecule has 1 amide bonds. The molecule has 3 rings (SSSR count). The molecule has 168 valence electrons. The number of anilines is 1. The number of aryl methyl sites for hydroxylation is 1. The van der Waals surface area contributed by atoms with Crippen LogP contribution in [0.2, 0.25) is 5.02 Å². The minimum absolute atomic E-state index is 0.141. The van der Waals surface area contributed by atoms with E-state index in [0.717, 1.165) is 15.6 Å². The first-order valence-electron chi connectivity index (χ1n) is 10.5. The summed E-state index contributed by atoms with van der Waals surface area (Å²) >= 11 is 8.14. The Labute approximate surface area is 194 Å². The normalized spacial score (nSPS) is 14.5. The van der Waals surface area contributed by atoms with Crippen molar-refractivity contribution in [2.45, 2.75) is 49.7 Å². The van der Waals surface area contributed by atoms with Crippen LogP contribution in [0, 0.1) is 13.8 Å². The van der Waals surface area contributed by atoms with E-state index in [1.165, 1.54) is 25.7 Å². The fraction of sp³-hybridized carbons (Fsp3) is 0.435. The van der Waals surface area contributed by atoms with Gasteiger partial charge in [-0.05, 0) is 56.5 Å². The number of thioether (sulfide) groups is 1. The van der Waals surface area contributed by atoms with Crippen LogP contribution in [0.3, 0.4) is 0 Å². The van der Waals surface area contributed by atoms with Crippen LogP contribution in [0.1, 0.15) is 36.8 Å². The van der Waals surface area contributed by atoms with Crippen LogP contribution in [0.4, 0.5) is 5.69 Å². The second-order valence-corrected chi connectivity index (χ2v) is 11.5. The van der Waals surface area contributed by atoms with Gasteiger partial charge >= 0.3 is 0 Å². The topological polar surface area (TPSA) is 66.5 Å². The summed E-state index contributed by atoms with van der Waals surface area (Å²) in [6.45, 7) is 3.87. The summed E-state index contributed by atoms with van der Waals surface area (Å²) in [6.07, 6.45) is 5.06. The lowest BCUT2D eigenvalue weighted by Gasteiger charge is -2.26. The molecule has 0 saturated heterocycles. The Bertz CT molecular complexity index is 1000. The highest BCUT2D eigenvalue weighted by molar-refractivity contribution is 7.99. The Balaban J connectivity index is 1.76. The summed E-state index contributed by atoms with van der Waals surface area (Å²) < 4.78 is 28.0. The molecule has 0 atom stereocenters. The van der Waals surface area contributed by atoms with Crippen molar-refractivity contribution in [2.24, 2.45) is 0 Å². The molecule has 0 unspecified atom stereocenters. The number of rotatable bonds is 9. The molecule has 1 saturated carbocycles. The average molecular weight is 481 g/mol. The van der Waals surface area contributed by atoms with Crippen LogP contribution in [0.15, 0.2) is 47.4 Å². The predicted octanol–water partition coefficient (Wildman–Crippen LogP) is 4.94. The molecule has 1 aliphatic carbocycles. The molecule has 5 nitrogen and oxygen atoms in total. The van der Waals surface area contributed by atoms with Crippen LogP contribution in [0.5, 0.6) is 0 Å². The Morgan fingerprint density at radius 2 is 1.81 bits per heavy atom. The molecular weight excluding hydrogens is 452 g/mol. The molecule has 8 heteroatoms. The van der Waals surface area contributed by atoms with E-state index in [9.17, 15) is 13.2 Å². The second-order valence-electron chi connectivity index (χ2n) is 7.84. The van der Waals surface area contributed by atoms with Crippen LogP contribution < -0.4 is 9.62 Å². The van der Waals surface area contributed by atoms with Crippen molar-refractivity contribution in [3.8, 4) is 0 Å². The second kappa shape index (κ2) is 10.7. The largest absolute Gasteiger partial charge is 0.354 e. The summed E-state index contributed by atoms with van der Waals surface area (Å²) in [5.74, 6) is 0.499. The summed E-state index contributed by atoms with van der Waals surface area (Å²) in [7, 11) is -3.94. The highest BCUT2D eigenvalue weighted by Gasteiger charge is 2.28. The molecule has 0 spiro atoms. The van der Waals surface area contributed by atoms with Crippen molar-refractivity contribution in [3.63, 3.8) is 0 Å². The van der Waals surface area contributed by atoms with Gasteiger partial charge < -0.3 is 5.32 Å². The van der Waals surface area contributed by atoms with Crippen LogP contribution >= 0.6 is 23.4 Å². The standard InChI is InChI=1S/C23H29ClN2O3S2/c1-17-10-12-20(13-11-17)31(28,29)26(22-9-5-8-21(24)18(22)2)16-23(27)25-14-15-30-19-6-3-4-7-19/h5,8-13,19H,3-4,6-7,14-16H2,1-2H3,(H,25,27). The molecule has 0 bridgehead atoms. The molecule has 0 radical (unpaired) electrons. The van der Waals surface area contributed by atoms with Crippen LogP contribution in [0.25, 0.3) is 0 Å². The van der Waals surface area contributed by atoms with Gasteiger partial charge in [-0.2, -0.15) is 11.8 Å². The number of hydrogen-bond donors (Lipinski definition) is 1. The van der Waals surface area contributed by atoms with Crippen molar-refractivity contribution in [1.29, 1.82) is 0 Å². The first kappa shape index (κ1) is 24.0. The number of hydrogen-bond acceptors (Lipinski definition) is 4. The maximum absolute atomic E-state index is 13.4. The summed E-state index contributed by atoms with van der Waals surface area (Å²) in [4.78, 5) is 12.8. The molecule has 1 fully saturated rings. The minimum Gasteiger partial charge on any atom is -0.354 e. The molecule has 0 heterocycles. The van der Waals surface area contributed by atoms with Crippen molar-refractivity contribution >= 4 is 45.0 Å². The molecule has 31 heavy (non-hydrogen) atoms. The fourth-order valence-corrected chi connectivity index (χ4v) is 6.53. The van der Waals surface area contributed by atoms with Gasteiger partial charge in [-0.1, -0.05) is 48.2 Å². The Kier molecular flexibility index (Phi) is 8.30. The van der Waals surface area contributed by atoms with E-state index in [1.54, 1.807) is 49.4 Å². The number of nitrogens with zero attached hydrogens (tertiary/aromatic N) is 1. The first-order valence-corrected chi connectivity index (χ1v) is 13.4. The van der Waals surface area contributed by atoms with Gasteiger partial charge in [-0.3, -0.25) is 9.10 Å². The van der Waals surface area contributed by atoms with Gasteiger partial charge in [0, 0.05) is 22.6 Å². The van der Waals surface area contributed by atoms with Gasteiger partial charge in [0.15, 0.2) is 0 Å². The van der Waals surface area contributed by atoms with E-state index in [4.69, 9.17) is 11.6 Å². The predicted molar refractivity (Wildman–Crippen MR) is 130 cm³/mol. The Morgan fingerprint density at radius 3 is 2.48 bits per heavy atom. The smallest absolute Gasteiger partial charge is 0.264 e. The quantitative estimate of drug-likeness (QED) is 0.516. The SMILES string of the molecule is Cc1ccc(S(=O)(=O)N(CC(=O)NCCSC2CCCC2)c2cccc(Cl)c2C)cc1. The van der Waals surface area contributed by atoms with Crippen molar-refractivity contribution in [2.75, 3.05) is 23.1 Å². The van der Waals surface area contributed by atoms with E-state index in [1.807, 2.05) is 18.7 Å². The molecule has 0 aliphatic heterocycles. The lowest BCUT2D eigenvalue weighted by Crippen LogP contribution is -2.41. The highest BCUT2D eigenvalue weighted by Crippen LogP contribution is 2.31. The highest BCUT2D eigenvalue weighted by atomic mass is 35.5. The summed E-state index contributed by atoms with van der Waals surface area (Å²) in [5.41, 5.74) is 1.98. The maximum atomic E-state index is 13.4. The van der Waals surface area contributed by atoms with Crippen molar-refractivity contribution in [3.05, 3.63) is 58.6 Å². The monoisotopic (exact) mass is 480 g/mol. The van der Waals surface area contributed by atoms with E-state index in [-0.39, 0.29) is 17.3 Å². The number of nitrogens with one attached hydrogen (secondary N) is 1. The third kappa shape index (κ3) is 6.18. The number of carbonyl (C=O) groups is 1. The van der Waals surface area contributed by atoms with Gasteiger partial charge in [0.2, 0.25) is 5.91 Å². The summed E-state index contributed by atoms with van der Waals surface area (Å²) in [6, 6.07) is 11.7. The number of halogens is 1. The summed E-state index contributed by atoms with van der Waals surface area (Å²) in [5, 5.41) is 4.01. The maximum Gasteiger partial charge on any atom is 0.264 e. The molecular formula is C23H29ClN2O3S2. The van der Waals surface area contributed by atoms with E-state index < -0.39 is 10.0 Å². The number of sulfonamides is 1. The van der Waals surface area contributed by atoms with E-state index in [2.05, 4.69) is 5.32 Å². The van der Waals surface area contributed by atoms with E-state index in [0.29, 0.717) is 28.1 Å². The lowest BCUT2D eigenvalue weighted by molar-refractivity contribution is -0.119. The van der Waals surface area contributed by atoms with Crippen LogP contribution in [-0.4, -0.2) is 38.4 Å². The van der Waals surface area contributed by atoms with E-state index >= 15 is 0 Å². The van der Waals surface area contributed by atoms with Crippen molar-refractivity contribution in [1.82, 2.24) is 5.32 Å². The van der Waals surface area contributed by atoms with Gasteiger partial charge in [0.25, 0.3) is 10.0 Å². The first-order chi connectivity index (χ1) is 14.8. The molecule has 1 aliphatic rings. The van der Waals surface area contributed by atoms with Crippen molar-refractivity contribution < 1.29 is 13.2 Å². The van der Waals surface area contributed by atoms with Gasteiger partial charge in [0.1, 0.15) is 6.54 Å². The Morgan fingerprint density at radius 1 is 1.13 bits per heavy atom. The third-order valence-corrected chi connectivity index (χ3v) is 9.05. The average Bonchev–Trinajstić information content (AvgIpc) is 3.25. The van der Waals surface area contributed by atoms with Crippen LogP contribution in [-0.2, 0) is 14.8 Å². The lowest BCUT2D eigenvalue weighted by atomic mass is 10.2. The van der Waals surface area contributed by atoms with Gasteiger partial charge in [0.05, 0.1) is 10.6 Å². The molecule has 0 aromatic heterocycles. The fourth-order valence-electron chi connectivity index (χ4n) is 3.66. The number of benzene rings is 2. The zero-order valence-corrected chi connectivity index (χ0v) is 20.3. The molecule has 1 N–H and O–H groups in total. The number of amides is 1.